The highest BCUT2D eigenvalue weighted by molar-refractivity contribution is 6.30. The molecule has 2 amide bonds. The normalized spacial score (nSPS) is 22.6. The van der Waals surface area contributed by atoms with E-state index < -0.39 is 11.2 Å². The molecular formula is C28H46ClN3O4. The number of carbonyl (C=O) groups excluding carboxylic acids is 1. The Hall–Kier alpha value is -1.38. The van der Waals surface area contributed by atoms with Crippen LogP contribution in [0.1, 0.15) is 76.2 Å². The number of ether oxygens (including phenoxy) is 1. The highest BCUT2D eigenvalue weighted by Gasteiger charge is 2.41. The van der Waals surface area contributed by atoms with Gasteiger partial charge >= 0.3 is 6.03 Å². The number of urea groups is 1. The van der Waals surface area contributed by atoms with Crippen LogP contribution < -0.4 is 10.6 Å². The summed E-state index contributed by atoms with van der Waals surface area (Å²) < 4.78 is 5.21. The van der Waals surface area contributed by atoms with Gasteiger partial charge in [-0.15, -0.1) is 0 Å². The summed E-state index contributed by atoms with van der Waals surface area (Å²) >= 11 is 6.30. The summed E-state index contributed by atoms with van der Waals surface area (Å²) in [5, 5.41) is 30.1. The number of amides is 2. The molecule has 1 saturated heterocycles. The molecule has 0 aromatic heterocycles. The first-order valence-electron chi connectivity index (χ1n) is 13.7. The Morgan fingerprint density at radius 2 is 2.06 bits per heavy atom. The van der Waals surface area contributed by atoms with Gasteiger partial charge in [0.05, 0.1) is 11.2 Å². The van der Waals surface area contributed by atoms with Crippen LogP contribution in [0, 0.1) is 5.92 Å². The second kappa shape index (κ2) is 14.0. The minimum Gasteiger partial charge on any atom is -0.390 e. The molecule has 1 aromatic rings. The van der Waals surface area contributed by atoms with Gasteiger partial charge in [0.15, 0.2) is 0 Å². The number of unbranched alkanes of at least 4 members (excludes halogenated alkanes) is 1. The Morgan fingerprint density at radius 3 is 2.75 bits per heavy atom. The van der Waals surface area contributed by atoms with Gasteiger partial charge in [0.1, 0.15) is 0 Å². The van der Waals surface area contributed by atoms with Gasteiger partial charge in [-0.3, -0.25) is 0 Å². The van der Waals surface area contributed by atoms with Crippen LogP contribution in [0.5, 0.6) is 0 Å². The molecule has 0 bridgehead atoms. The fraction of sp³-hybridized carbons (Fsp3) is 0.750. The Bertz CT molecular complexity index is 820. The van der Waals surface area contributed by atoms with E-state index in [9.17, 15) is 15.0 Å². The minimum absolute atomic E-state index is 0.0942. The average Bonchev–Trinajstić information content (AvgIpc) is 2.87. The monoisotopic (exact) mass is 523 g/mol. The van der Waals surface area contributed by atoms with Gasteiger partial charge < -0.3 is 30.5 Å². The van der Waals surface area contributed by atoms with Crippen LogP contribution in [-0.2, 0) is 10.3 Å². The van der Waals surface area contributed by atoms with Crippen LogP contribution in [0.3, 0.4) is 0 Å². The van der Waals surface area contributed by atoms with Crippen molar-refractivity contribution in [2.45, 2.75) is 87.9 Å². The third-order valence-electron chi connectivity index (χ3n) is 8.05. The molecule has 1 aromatic carbocycles. The van der Waals surface area contributed by atoms with Gasteiger partial charge in [0.25, 0.3) is 0 Å². The average molecular weight is 524 g/mol. The highest BCUT2D eigenvalue weighted by atomic mass is 35.5. The molecule has 2 fully saturated rings. The van der Waals surface area contributed by atoms with Crippen LogP contribution in [0.2, 0.25) is 5.02 Å². The zero-order valence-electron chi connectivity index (χ0n) is 22.1. The number of hydrogen-bond acceptors (Lipinski definition) is 5. The van der Waals surface area contributed by atoms with Crippen LogP contribution in [0.15, 0.2) is 24.3 Å². The Kier molecular flexibility index (Phi) is 11.3. The number of likely N-dealkylation sites (N-methyl/N-ethyl adjacent to an activating group) is 1. The van der Waals surface area contributed by atoms with Crippen molar-refractivity contribution in [2.75, 3.05) is 40.4 Å². The Balaban J connectivity index is 1.70. The Morgan fingerprint density at radius 1 is 1.28 bits per heavy atom. The predicted molar refractivity (Wildman–Crippen MR) is 144 cm³/mol. The van der Waals surface area contributed by atoms with Gasteiger partial charge in [-0.05, 0) is 76.1 Å². The van der Waals surface area contributed by atoms with E-state index in [4.69, 9.17) is 16.3 Å². The zero-order chi connectivity index (χ0) is 26.0. The Labute approximate surface area is 221 Å². The maximum Gasteiger partial charge on any atom is 0.317 e. The van der Waals surface area contributed by atoms with Gasteiger partial charge in [-0.1, -0.05) is 43.0 Å². The molecule has 0 radical (unpaired) electrons. The van der Waals surface area contributed by atoms with Gasteiger partial charge in [0, 0.05) is 50.3 Å². The van der Waals surface area contributed by atoms with Gasteiger partial charge in [-0.25, -0.2) is 4.79 Å². The molecule has 1 heterocycles. The number of likely N-dealkylation sites (tertiary alicyclic amines) is 1. The van der Waals surface area contributed by atoms with Crippen molar-refractivity contribution in [3.63, 3.8) is 0 Å². The molecule has 3 rings (SSSR count). The molecule has 4 N–H and O–H groups in total. The summed E-state index contributed by atoms with van der Waals surface area (Å²) in [4.78, 5) is 15.2. The first kappa shape index (κ1) is 29.2. The topological polar surface area (TPSA) is 94.1 Å². The van der Waals surface area contributed by atoms with E-state index in [1.54, 1.807) is 7.11 Å². The van der Waals surface area contributed by atoms with Crippen molar-refractivity contribution in [1.29, 1.82) is 0 Å². The maximum absolute atomic E-state index is 13.4. The number of carbonyl (C=O) groups is 1. The van der Waals surface area contributed by atoms with Crippen molar-refractivity contribution in [3.8, 4) is 0 Å². The van der Waals surface area contributed by atoms with Gasteiger partial charge in [0.2, 0.25) is 0 Å². The lowest BCUT2D eigenvalue weighted by Gasteiger charge is -2.43. The third-order valence-corrected chi connectivity index (χ3v) is 8.29. The van der Waals surface area contributed by atoms with E-state index in [1.165, 1.54) is 6.42 Å². The van der Waals surface area contributed by atoms with Crippen molar-refractivity contribution in [3.05, 3.63) is 34.9 Å². The van der Waals surface area contributed by atoms with Crippen LogP contribution in [-0.4, -0.2) is 73.2 Å². The number of nitrogens with one attached hydrogen (secondary N) is 2. The highest BCUT2D eigenvalue weighted by Crippen LogP contribution is 2.40. The first-order valence-corrected chi connectivity index (χ1v) is 14.1. The lowest BCUT2D eigenvalue weighted by atomic mass is 9.74. The van der Waals surface area contributed by atoms with E-state index >= 15 is 0 Å². The minimum atomic E-state index is -1.07. The maximum atomic E-state index is 13.4. The SMILES string of the molecule is CNCC(CC1(O)CCCCC1)NC(=O)N1CCC[C@@H]([C@@](O)(CCCCOC)c2cccc(Cl)c2)C1. The largest absolute Gasteiger partial charge is 0.390 e. The molecule has 1 saturated carbocycles. The summed E-state index contributed by atoms with van der Waals surface area (Å²) in [5.41, 5.74) is -0.960. The molecule has 1 aliphatic carbocycles. The number of nitrogens with zero attached hydrogens (tertiary/aromatic N) is 1. The molecule has 7 nitrogen and oxygen atoms in total. The van der Waals surface area contributed by atoms with Gasteiger partial charge in [-0.2, -0.15) is 0 Å². The van der Waals surface area contributed by atoms with Crippen LogP contribution >= 0.6 is 11.6 Å². The predicted octanol–water partition coefficient (Wildman–Crippen LogP) is 4.44. The molecule has 1 aliphatic heterocycles. The molecule has 0 spiro atoms. The number of piperidine rings is 1. The molecule has 36 heavy (non-hydrogen) atoms. The number of benzene rings is 1. The van der Waals surface area contributed by atoms with E-state index in [1.807, 2.05) is 36.2 Å². The summed E-state index contributed by atoms with van der Waals surface area (Å²) in [5.74, 6) is -0.0942. The summed E-state index contributed by atoms with van der Waals surface area (Å²) in [6.45, 7) is 2.41. The number of hydrogen-bond donors (Lipinski definition) is 4. The molecule has 2 aliphatic rings. The lowest BCUT2D eigenvalue weighted by molar-refractivity contribution is -0.0565. The fourth-order valence-corrected chi connectivity index (χ4v) is 6.28. The van der Waals surface area contributed by atoms with Crippen molar-refractivity contribution < 1.29 is 19.7 Å². The van der Waals surface area contributed by atoms with Crippen LogP contribution in [0.25, 0.3) is 0 Å². The second-order valence-electron chi connectivity index (χ2n) is 10.9. The van der Waals surface area contributed by atoms with E-state index in [0.717, 1.165) is 56.9 Å². The fourth-order valence-electron chi connectivity index (χ4n) is 6.09. The number of aliphatic hydroxyl groups is 2. The third kappa shape index (κ3) is 8.06. The molecule has 3 atom stereocenters. The summed E-state index contributed by atoms with van der Waals surface area (Å²) in [6, 6.07) is 7.22. The van der Waals surface area contributed by atoms with Crippen LogP contribution in [0.4, 0.5) is 4.79 Å². The molecule has 204 valence electrons. The summed E-state index contributed by atoms with van der Waals surface area (Å²) in [6.07, 6.45) is 9.35. The molecule has 1 unspecified atom stereocenters. The standard InChI is InChI=1S/C28H46ClN3O4/c1-30-20-25(19-27(34)13-4-3-5-14-27)31-26(33)32-16-9-11-23(21-32)28(35,15-6-7-17-36-2)22-10-8-12-24(29)18-22/h8,10,12,18,23,25,30,34-35H,3-7,9,11,13-17,19-21H2,1-2H3,(H,31,33)/t23-,25?,28-/m1/s1. The van der Waals surface area contributed by atoms with E-state index in [2.05, 4.69) is 10.6 Å². The number of halogens is 1. The van der Waals surface area contributed by atoms with E-state index in [0.29, 0.717) is 44.1 Å². The second-order valence-corrected chi connectivity index (χ2v) is 11.3. The zero-order valence-corrected chi connectivity index (χ0v) is 22.9. The smallest absolute Gasteiger partial charge is 0.317 e. The van der Waals surface area contributed by atoms with E-state index in [-0.39, 0.29) is 18.0 Å². The lowest BCUT2D eigenvalue weighted by Crippen LogP contribution is -2.55. The molecular weight excluding hydrogens is 478 g/mol. The van der Waals surface area contributed by atoms with Crippen molar-refractivity contribution in [1.82, 2.24) is 15.5 Å². The molecule has 8 heteroatoms. The number of rotatable bonds is 12. The number of methoxy groups -OCH3 is 1. The first-order chi connectivity index (χ1) is 17.3. The van der Waals surface area contributed by atoms with Crippen molar-refractivity contribution >= 4 is 17.6 Å². The van der Waals surface area contributed by atoms with Crippen molar-refractivity contribution in [2.24, 2.45) is 5.92 Å². The quantitative estimate of drug-likeness (QED) is 0.304. The summed E-state index contributed by atoms with van der Waals surface area (Å²) in [7, 11) is 3.56.